The summed E-state index contributed by atoms with van der Waals surface area (Å²) in [5, 5.41) is 1.52. The number of esters is 4. The Morgan fingerprint density at radius 3 is 1.77 bits per heavy atom. The normalized spacial score (nSPS) is 26.2. The predicted octanol–water partition coefficient (Wildman–Crippen LogP) is -0.252. The third-order valence-corrected chi connectivity index (χ3v) is 3.54. The summed E-state index contributed by atoms with van der Waals surface area (Å²) in [5.74, 6) is -6.20. The average molecular weight is 443 g/mol. The molecular weight excluding hydrogens is 423 g/mol. The van der Waals surface area contributed by atoms with Crippen LogP contribution in [-0.4, -0.2) is 73.2 Å². The molecule has 0 bridgehead atoms. The summed E-state index contributed by atoms with van der Waals surface area (Å²) in [6.07, 6.45) is -12.0. The molecule has 0 aliphatic carbocycles. The quantitative estimate of drug-likeness (QED) is 0.431. The molecular formula is C16H20F3NO10. The number of ether oxygens (including phenoxy) is 5. The summed E-state index contributed by atoms with van der Waals surface area (Å²) in [7, 11) is 0. The van der Waals surface area contributed by atoms with E-state index in [1.807, 2.05) is 0 Å². The Morgan fingerprint density at radius 2 is 1.33 bits per heavy atom. The van der Waals surface area contributed by atoms with Crippen LogP contribution in [0.5, 0.6) is 0 Å². The zero-order valence-electron chi connectivity index (χ0n) is 16.3. The SMILES string of the molecule is CC(=O)OC[C@H]1OC(OC(C)=O)[C@@H](NC(=O)C(F)(F)F)[C@@H](OC(C)=O)[C@@H]1OC(C)=O. The molecule has 1 saturated heterocycles. The lowest BCUT2D eigenvalue weighted by Crippen LogP contribution is -2.67. The molecule has 14 heteroatoms. The van der Waals surface area contributed by atoms with Crippen LogP contribution in [0.1, 0.15) is 27.7 Å². The van der Waals surface area contributed by atoms with Crippen molar-refractivity contribution in [3.8, 4) is 0 Å². The highest BCUT2D eigenvalue weighted by atomic mass is 19.4. The molecule has 1 aliphatic heterocycles. The monoisotopic (exact) mass is 443 g/mol. The van der Waals surface area contributed by atoms with Crippen molar-refractivity contribution in [2.75, 3.05) is 6.61 Å². The number of carbonyl (C=O) groups is 5. The van der Waals surface area contributed by atoms with Crippen LogP contribution >= 0.6 is 0 Å². The second-order valence-corrected chi connectivity index (χ2v) is 6.10. The maximum Gasteiger partial charge on any atom is 0.471 e. The number of nitrogens with one attached hydrogen (secondary N) is 1. The van der Waals surface area contributed by atoms with E-state index in [4.69, 9.17) is 23.7 Å². The molecule has 11 nitrogen and oxygen atoms in total. The minimum atomic E-state index is -5.34. The first-order valence-corrected chi connectivity index (χ1v) is 8.40. The van der Waals surface area contributed by atoms with Gasteiger partial charge < -0.3 is 29.0 Å². The minimum Gasteiger partial charge on any atom is -0.463 e. The second-order valence-electron chi connectivity index (χ2n) is 6.10. The molecule has 1 rings (SSSR count). The number of alkyl halides is 3. The Balaban J connectivity index is 3.39. The third-order valence-electron chi connectivity index (χ3n) is 3.54. The predicted molar refractivity (Wildman–Crippen MR) is 86.2 cm³/mol. The average Bonchev–Trinajstić information content (AvgIpc) is 2.56. The molecule has 170 valence electrons. The molecule has 1 amide bonds. The Labute approximate surface area is 168 Å². The number of hydrogen-bond donors (Lipinski definition) is 1. The first kappa shape index (κ1) is 25.1. The number of amides is 1. The van der Waals surface area contributed by atoms with E-state index < -0.39 is 73.2 Å². The molecule has 30 heavy (non-hydrogen) atoms. The van der Waals surface area contributed by atoms with Crippen molar-refractivity contribution in [3.63, 3.8) is 0 Å². The summed E-state index contributed by atoms with van der Waals surface area (Å²) in [4.78, 5) is 57.0. The highest BCUT2D eigenvalue weighted by molar-refractivity contribution is 5.82. The van der Waals surface area contributed by atoms with Crippen molar-refractivity contribution >= 4 is 29.8 Å². The highest BCUT2D eigenvalue weighted by Crippen LogP contribution is 2.29. The van der Waals surface area contributed by atoms with Gasteiger partial charge in [-0.25, -0.2) is 0 Å². The number of halogens is 3. The maximum atomic E-state index is 12.8. The zero-order valence-corrected chi connectivity index (χ0v) is 16.3. The Kier molecular flexibility index (Phi) is 8.57. The Bertz CT molecular complexity index is 695. The van der Waals surface area contributed by atoms with E-state index >= 15 is 0 Å². The smallest absolute Gasteiger partial charge is 0.463 e. The van der Waals surface area contributed by atoms with Crippen LogP contribution in [0, 0.1) is 0 Å². The van der Waals surface area contributed by atoms with Gasteiger partial charge in [-0.1, -0.05) is 0 Å². The van der Waals surface area contributed by atoms with E-state index in [-0.39, 0.29) is 0 Å². The van der Waals surface area contributed by atoms with Gasteiger partial charge in [0.25, 0.3) is 0 Å². The molecule has 1 aliphatic rings. The lowest BCUT2D eigenvalue weighted by atomic mass is 9.96. The van der Waals surface area contributed by atoms with Crippen molar-refractivity contribution < 1.29 is 60.8 Å². The molecule has 0 spiro atoms. The second kappa shape index (κ2) is 10.2. The number of carbonyl (C=O) groups excluding carboxylic acids is 5. The Morgan fingerprint density at radius 1 is 0.833 bits per heavy atom. The topological polar surface area (TPSA) is 144 Å². The summed E-state index contributed by atoms with van der Waals surface area (Å²) in [5.41, 5.74) is 0. The summed E-state index contributed by atoms with van der Waals surface area (Å²) < 4.78 is 63.2. The molecule has 0 aromatic rings. The molecule has 0 radical (unpaired) electrons. The van der Waals surface area contributed by atoms with Gasteiger partial charge in [0.1, 0.15) is 18.8 Å². The Hall–Kier alpha value is -2.90. The fourth-order valence-electron chi connectivity index (χ4n) is 2.55. The largest absolute Gasteiger partial charge is 0.471 e. The van der Waals surface area contributed by atoms with Crippen LogP contribution in [0.2, 0.25) is 0 Å². The van der Waals surface area contributed by atoms with Gasteiger partial charge in [-0.15, -0.1) is 0 Å². The highest BCUT2D eigenvalue weighted by Gasteiger charge is 2.54. The van der Waals surface area contributed by atoms with Crippen LogP contribution in [-0.2, 0) is 47.7 Å². The van der Waals surface area contributed by atoms with Crippen molar-refractivity contribution in [2.45, 2.75) is 64.5 Å². The number of hydrogen-bond acceptors (Lipinski definition) is 10. The standard InChI is InChI=1S/C16H20F3NO10/c1-6(21)26-5-10-12(27-7(2)22)13(28-8(3)23)11(14(30-10)29-9(4)24)20-15(25)16(17,18)19/h10-14H,5H2,1-4H3,(H,20,25)/t10-,11+,12-,13-,14?/m1/s1. The van der Waals surface area contributed by atoms with Gasteiger partial charge in [-0.2, -0.15) is 13.2 Å². The van der Waals surface area contributed by atoms with E-state index in [2.05, 4.69) is 0 Å². The summed E-state index contributed by atoms with van der Waals surface area (Å²) >= 11 is 0. The first-order valence-electron chi connectivity index (χ1n) is 8.40. The van der Waals surface area contributed by atoms with Gasteiger partial charge in [-0.3, -0.25) is 24.0 Å². The van der Waals surface area contributed by atoms with Crippen LogP contribution in [0.3, 0.4) is 0 Å². The van der Waals surface area contributed by atoms with Crippen molar-refractivity contribution in [1.82, 2.24) is 5.32 Å². The van der Waals surface area contributed by atoms with E-state index in [0.29, 0.717) is 0 Å². The van der Waals surface area contributed by atoms with E-state index in [1.165, 1.54) is 5.32 Å². The van der Waals surface area contributed by atoms with Gasteiger partial charge in [0.15, 0.2) is 12.2 Å². The fraction of sp³-hybridized carbons (Fsp3) is 0.688. The molecule has 0 aromatic carbocycles. The van der Waals surface area contributed by atoms with Crippen molar-refractivity contribution in [1.29, 1.82) is 0 Å². The van der Waals surface area contributed by atoms with E-state index in [9.17, 15) is 37.1 Å². The van der Waals surface area contributed by atoms with E-state index in [1.54, 1.807) is 0 Å². The van der Waals surface area contributed by atoms with Gasteiger partial charge >= 0.3 is 36.0 Å². The first-order chi connectivity index (χ1) is 13.7. The summed E-state index contributed by atoms with van der Waals surface area (Å²) in [6.45, 7) is 3.22. The van der Waals surface area contributed by atoms with Crippen LogP contribution < -0.4 is 5.32 Å². The van der Waals surface area contributed by atoms with Crippen LogP contribution in [0.25, 0.3) is 0 Å². The fourth-order valence-corrected chi connectivity index (χ4v) is 2.55. The minimum absolute atomic E-state index is 0.594. The maximum absolute atomic E-state index is 12.8. The van der Waals surface area contributed by atoms with Crippen molar-refractivity contribution in [3.05, 3.63) is 0 Å². The van der Waals surface area contributed by atoms with Gasteiger partial charge in [0, 0.05) is 27.7 Å². The zero-order chi connectivity index (χ0) is 23.2. The third kappa shape index (κ3) is 7.50. The van der Waals surface area contributed by atoms with Gasteiger partial charge in [0.2, 0.25) is 6.29 Å². The molecule has 0 saturated carbocycles. The molecule has 5 atom stereocenters. The lowest BCUT2D eigenvalue weighted by molar-refractivity contribution is -0.272. The summed E-state index contributed by atoms with van der Waals surface area (Å²) in [6, 6.07) is -1.91. The van der Waals surface area contributed by atoms with Crippen molar-refractivity contribution in [2.24, 2.45) is 0 Å². The van der Waals surface area contributed by atoms with Crippen LogP contribution in [0.4, 0.5) is 13.2 Å². The lowest BCUT2D eigenvalue weighted by Gasteiger charge is -2.44. The van der Waals surface area contributed by atoms with E-state index in [0.717, 1.165) is 27.7 Å². The molecule has 1 heterocycles. The van der Waals surface area contributed by atoms with Crippen LogP contribution in [0.15, 0.2) is 0 Å². The number of rotatable bonds is 6. The molecule has 1 fully saturated rings. The molecule has 0 aromatic heterocycles. The van der Waals surface area contributed by atoms with Gasteiger partial charge in [-0.05, 0) is 0 Å². The molecule has 1 N–H and O–H groups in total. The van der Waals surface area contributed by atoms with Gasteiger partial charge in [0.05, 0.1) is 0 Å². The molecule has 1 unspecified atom stereocenters.